The van der Waals surface area contributed by atoms with E-state index in [1.807, 2.05) is 41.2 Å². The van der Waals surface area contributed by atoms with Crippen molar-refractivity contribution in [3.05, 3.63) is 48.3 Å². The van der Waals surface area contributed by atoms with Crippen LogP contribution in [0.2, 0.25) is 0 Å². The SMILES string of the molecule is CC1CC2CCCCC2N1C(=O)Cc1ccc(-n2cccn2)cc1. The van der Waals surface area contributed by atoms with E-state index in [-0.39, 0.29) is 0 Å². The highest BCUT2D eigenvalue weighted by atomic mass is 16.2. The number of nitrogens with zero attached hydrogens (tertiary/aromatic N) is 3. The van der Waals surface area contributed by atoms with E-state index in [0.717, 1.165) is 17.2 Å². The highest BCUT2D eigenvalue weighted by molar-refractivity contribution is 5.80. The van der Waals surface area contributed by atoms with E-state index in [9.17, 15) is 4.79 Å². The van der Waals surface area contributed by atoms with Crippen LogP contribution in [0.1, 0.15) is 44.6 Å². The van der Waals surface area contributed by atoms with Gasteiger partial charge in [0.2, 0.25) is 5.91 Å². The second-order valence-corrected chi connectivity index (χ2v) is 7.29. The first-order chi connectivity index (χ1) is 11.7. The van der Waals surface area contributed by atoms with Gasteiger partial charge in [0.05, 0.1) is 12.1 Å². The smallest absolute Gasteiger partial charge is 0.227 e. The zero-order valence-electron chi connectivity index (χ0n) is 14.3. The van der Waals surface area contributed by atoms with E-state index in [0.29, 0.717) is 24.4 Å². The largest absolute Gasteiger partial charge is 0.336 e. The Morgan fingerprint density at radius 2 is 2.00 bits per heavy atom. The molecule has 0 bridgehead atoms. The minimum absolute atomic E-state index is 0.295. The molecule has 0 N–H and O–H groups in total. The molecule has 1 aliphatic carbocycles. The Morgan fingerprint density at radius 1 is 1.21 bits per heavy atom. The van der Waals surface area contributed by atoms with Crippen LogP contribution in [0.5, 0.6) is 0 Å². The van der Waals surface area contributed by atoms with Crippen molar-refractivity contribution in [3.63, 3.8) is 0 Å². The second kappa shape index (κ2) is 6.42. The summed E-state index contributed by atoms with van der Waals surface area (Å²) in [6.45, 7) is 2.22. The van der Waals surface area contributed by atoms with Gasteiger partial charge in [-0.25, -0.2) is 4.68 Å². The molecule has 3 unspecified atom stereocenters. The quantitative estimate of drug-likeness (QED) is 0.865. The van der Waals surface area contributed by atoms with Gasteiger partial charge in [-0.1, -0.05) is 25.0 Å². The second-order valence-electron chi connectivity index (χ2n) is 7.29. The number of benzene rings is 1. The first kappa shape index (κ1) is 15.4. The fourth-order valence-electron chi connectivity index (χ4n) is 4.59. The summed E-state index contributed by atoms with van der Waals surface area (Å²) in [6, 6.07) is 11.0. The Balaban J connectivity index is 1.45. The third kappa shape index (κ3) is 2.85. The fraction of sp³-hybridized carbons (Fsp3) is 0.500. The van der Waals surface area contributed by atoms with Crippen molar-refractivity contribution in [2.75, 3.05) is 0 Å². The third-order valence-electron chi connectivity index (χ3n) is 5.69. The molecule has 1 aliphatic heterocycles. The molecule has 2 heterocycles. The number of carbonyl (C=O) groups excluding carboxylic acids is 1. The molecule has 1 aromatic heterocycles. The van der Waals surface area contributed by atoms with Crippen LogP contribution in [0.4, 0.5) is 0 Å². The molecular weight excluding hydrogens is 298 g/mol. The van der Waals surface area contributed by atoms with Crippen LogP contribution >= 0.6 is 0 Å². The number of aromatic nitrogens is 2. The molecule has 24 heavy (non-hydrogen) atoms. The van der Waals surface area contributed by atoms with Gasteiger partial charge < -0.3 is 4.90 Å². The molecule has 1 saturated heterocycles. The van der Waals surface area contributed by atoms with Crippen LogP contribution in [0, 0.1) is 5.92 Å². The molecule has 2 aromatic rings. The topological polar surface area (TPSA) is 38.1 Å². The van der Waals surface area contributed by atoms with Crippen LogP contribution in [0.25, 0.3) is 5.69 Å². The summed E-state index contributed by atoms with van der Waals surface area (Å²) in [5.41, 5.74) is 2.11. The van der Waals surface area contributed by atoms with Gasteiger partial charge in [0.15, 0.2) is 0 Å². The maximum Gasteiger partial charge on any atom is 0.227 e. The number of rotatable bonds is 3. The van der Waals surface area contributed by atoms with Crippen LogP contribution in [0.15, 0.2) is 42.7 Å². The van der Waals surface area contributed by atoms with Crippen LogP contribution in [0.3, 0.4) is 0 Å². The number of amides is 1. The van der Waals surface area contributed by atoms with Crippen molar-refractivity contribution in [2.24, 2.45) is 5.92 Å². The Bertz CT molecular complexity index is 692. The van der Waals surface area contributed by atoms with E-state index in [1.54, 1.807) is 6.20 Å². The van der Waals surface area contributed by atoms with Crippen molar-refractivity contribution in [1.82, 2.24) is 14.7 Å². The lowest BCUT2D eigenvalue weighted by atomic mass is 9.85. The van der Waals surface area contributed by atoms with Gasteiger partial charge in [-0.3, -0.25) is 4.79 Å². The summed E-state index contributed by atoms with van der Waals surface area (Å²) in [6.07, 6.45) is 10.5. The van der Waals surface area contributed by atoms with Gasteiger partial charge in [-0.05, 0) is 55.9 Å². The summed E-state index contributed by atoms with van der Waals surface area (Å²) in [4.78, 5) is 15.1. The minimum Gasteiger partial charge on any atom is -0.336 e. The van der Waals surface area contributed by atoms with Crippen molar-refractivity contribution < 1.29 is 4.79 Å². The standard InChI is InChI=1S/C20H25N3O/c1-15-13-17-5-2-3-6-19(17)23(15)20(24)14-16-7-9-18(10-8-16)22-12-4-11-21-22/h4,7-12,15,17,19H,2-3,5-6,13-14H2,1H3. The molecule has 0 spiro atoms. The van der Waals surface area contributed by atoms with Crippen molar-refractivity contribution in [3.8, 4) is 5.69 Å². The van der Waals surface area contributed by atoms with Gasteiger partial charge in [0, 0.05) is 24.5 Å². The molecule has 126 valence electrons. The van der Waals surface area contributed by atoms with Gasteiger partial charge in [0.1, 0.15) is 0 Å². The Kier molecular flexibility index (Phi) is 4.13. The van der Waals surface area contributed by atoms with E-state index in [2.05, 4.69) is 16.9 Å². The van der Waals surface area contributed by atoms with Crippen LogP contribution in [-0.2, 0) is 11.2 Å². The van der Waals surface area contributed by atoms with E-state index >= 15 is 0 Å². The summed E-state index contributed by atoms with van der Waals surface area (Å²) >= 11 is 0. The van der Waals surface area contributed by atoms with Crippen molar-refractivity contribution >= 4 is 5.91 Å². The maximum absolute atomic E-state index is 12.9. The number of fused-ring (bicyclic) bond motifs is 1. The van der Waals surface area contributed by atoms with Gasteiger partial charge in [-0.15, -0.1) is 0 Å². The maximum atomic E-state index is 12.9. The summed E-state index contributed by atoms with van der Waals surface area (Å²) in [5.74, 6) is 1.03. The lowest BCUT2D eigenvalue weighted by molar-refractivity contribution is -0.133. The molecule has 1 aromatic carbocycles. The van der Waals surface area contributed by atoms with Gasteiger partial charge >= 0.3 is 0 Å². The molecule has 4 heteroatoms. The first-order valence-electron chi connectivity index (χ1n) is 9.12. The average molecular weight is 323 g/mol. The van der Waals surface area contributed by atoms with Gasteiger partial charge in [-0.2, -0.15) is 5.10 Å². The number of carbonyl (C=O) groups is 1. The summed E-state index contributed by atoms with van der Waals surface area (Å²) in [7, 11) is 0. The number of likely N-dealkylation sites (tertiary alicyclic amines) is 1. The predicted octanol–water partition coefficient (Wildman–Crippen LogP) is 3.59. The lowest BCUT2D eigenvalue weighted by Crippen LogP contribution is -2.43. The Labute approximate surface area is 143 Å². The average Bonchev–Trinajstić information content (AvgIpc) is 3.22. The van der Waals surface area contributed by atoms with E-state index in [4.69, 9.17) is 0 Å². The van der Waals surface area contributed by atoms with Crippen molar-refractivity contribution in [2.45, 2.75) is 57.5 Å². The Hall–Kier alpha value is -2.10. The van der Waals surface area contributed by atoms with Crippen LogP contribution in [-0.4, -0.2) is 32.7 Å². The molecule has 1 amide bonds. The molecule has 2 fully saturated rings. The molecular formula is C20H25N3O. The lowest BCUT2D eigenvalue weighted by Gasteiger charge is -2.33. The zero-order chi connectivity index (χ0) is 16.5. The summed E-state index contributed by atoms with van der Waals surface area (Å²) in [5, 5.41) is 4.24. The highest BCUT2D eigenvalue weighted by Crippen LogP contribution is 2.39. The molecule has 0 radical (unpaired) electrons. The Morgan fingerprint density at radius 3 is 2.75 bits per heavy atom. The minimum atomic E-state index is 0.295. The van der Waals surface area contributed by atoms with Crippen molar-refractivity contribution in [1.29, 1.82) is 0 Å². The molecule has 4 nitrogen and oxygen atoms in total. The van der Waals surface area contributed by atoms with E-state index < -0.39 is 0 Å². The number of hydrogen-bond donors (Lipinski definition) is 0. The van der Waals surface area contributed by atoms with Crippen LogP contribution < -0.4 is 0 Å². The monoisotopic (exact) mass is 323 g/mol. The third-order valence-corrected chi connectivity index (χ3v) is 5.69. The fourth-order valence-corrected chi connectivity index (χ4v) is 4.59. The first-order valence-corrected chi connectivity index (χ1v) is 9.12. The summed E-state index contributed by atoms with van der Waals surface area (Å²) < 4.78 is 1.83. The zero-order valence-corrected chi connectivity index (χ0v) is 14.3. The van der Waals surface area contributed by atoms with E-state index in [1.165, 1.54) is 32.1 Å². The molecule has 2 aliphatic rings. The predicted molar refractivity (Wildman–Crippen MR) is 93.9 cm³/mol. The highest BCUT2D eigenvalue weighted by Gasteiger charge is 2.42. The molecule has 1 saturated carbocycles. The van der Waals surface area contributed by atoms with Gasteiger partial charge in [0.25, 0.3) is 0 Å². The number of hydrogen-bond acceptors (Lipinski definition) is 2. The molecule has 3 atom stereocenters. The normalized spacial score (nSPS) is 26.4. The molecule has 4 rings (SSSR count).